The molecule has 4 aromatic rings. The first-order valence-corrected chi connectivity index (χ1v) is 7.75. The van der Waals surface area contributed by atoms with Gasteiger partial charge in [-0.3, -0.25) is 4.79 Å². The van der Waals surface area contributed by atoms with Crippen LogP contribution in [0.2, 0.25) is 0 Å². The number of aromatic nitrogens is 3. The fourth-order valence-electron chi connectivity index (χ4n) is 2.85. The van der Waals surface area contributed by atoms with Gasteiger partial charge in [-0.05, 0) is 18.6 Å². The van der Waals surface area contributed by atoms with Crippen LogP contribution in [0, 0.1) is 6.92 Å². The summed E-state index contributed by atoms with van der Waals surface area (Å²) in [7, 11) is 0. The molecule has 0 aliphatic heterocycles. The molecular weight excluding hydrogens is 298 g/mol. The highest BCUT2D eigenvalue weighted by atomic mass is 16.1. The second-order valence-electron chi connectivity index (χ2n) is 5.64. The van der Waals surface area contributed by atoms with Crippen molar-refractivity contribution in [3.63, 3.8) is 0 Å². The van der Waals surface area contributed by atoms with Gasteiger partial charge < -0.3 is 4.98 Å². The standard InChI is InChI=1S/C20H15N3O/c1-13-21-19-18(20(24)22-13)16(14-8-4-2-5-9-14)12-17(23-19)15-10-6-3-7-11-15/h2-12H,1H3,(H,21,22,23,24). The van der Waals surface area contributed by atoms with Crippen molar-refractivity contribution in [3.8, 4) is 22.4 Å². The molecule has 0 spiro atoms. The van der Waals surface area contributed by atoms with E-state index in [2.05, 4.69) is 15.0 Å². The molecule has 4 nitrogen and oxygen atoms in total. The van der Waals surface area contributed by atoms with Crippen LogP contribution in [0.5, 0.6) is 0 Å². The maximum absolute atomic E-state index is 12.5. The quantitative estimate of drug-likeness (QED) is 0.609. The molecule has 2 heterocycles. The van der Waals surface area contributed by atoms with Gasteiger partial charge >= 0.3 is 0 Å². The van der Waals surface area contributed by atoms with Gasteiger partial charge in [-0.25, -0.2) is 9.97 Å². The Bertz CT molecular complexity index is 1070. The molecule has 0 aliphatic rings. The number of pyridine rings is 1. The Labute approximate surface area is 138 Å². The maximum atomic E-state index is 12.5. The molecule has 24 heavy (non-hydrogen) atoms. The lowest BCUT2D eigenvalue weighted by Gasteiger charge is -2.09. The van der Waals surface area contributed by atoms with Crippen molar-refractivity contribution in [3.05, 3.63) is 82.9 Å². The monoisotopic (exact) mass is 313 g/mol. The van der Waals surface area contributed by atoms with Gasteiger partial charge in [0, 0.05) is 11.1 Å². The number of aryl methyl sites for hydroxylation is 1. The van der Waals surface area contributed by atoms with Crippen LogP contribution < -0.4 is 5.56 Å². The number of hydrogen-bond acceptors (Lipinski definition) is 3. The Kier molecular flexibility index (Phi) is 3.43. The minimum Gasteiger partial charge on any atom is -0.310 e. The number of hydrogen-bond donors (Lipinski definition) is 1. The van der Waals surface area contributed by atoms with Crippen LogP contribution in [0.3, 0.4) is 0 Å². The molecule has 0 amide bonds. The molecule has 2 aromatic carbocycles. The van der Waals surface area contributed by atoms with E-state index in [1.165, 1.54) is 0 Å². The van der Waals surface area contributed by atoms with Gasteiger partial charge in [0.2, 0.25) is 0 Å². The van der Waals surface area contributed by atoms with E-state index >= 15 is 0 Å². The van der Waals surface area contributed by atoms with Crippen molar-refractivity contribution in [1.82, 2.24) is 15.0 Å². The van der Waals surface area contributed by atoms with Gasteiger partial charge in [0.1, 0.15) is 5.82 Å². The molecule has 0 aliphatic carbocycles. The number of nitrogens with zero attached hydrogens (tertiary/aromatic N) is 2. The molecule has 1 N–H and O–H groups in total. The van der Waals surface area contributed by atoms with Crippen molar-refractivity contribution in [2.24, 2.45) is 0 Å². The Balaban J connectivity index is 2.10. The Morgan fingerprint density at radius 2 is 1.46 bits per heavy atom. The third kappa shape index (κ3) is 2.48. The van der Waals surface area contributed by atoms with E-state index in [0.717, 1.165) is 22.4 Å². The molecule has 0 saturated heterocycles. The molecule has 0 saturated carbocycles. The highest BCUT2D eigenvalue weighted by Crippen LogP contribution is 2.29. The topological polar surface area (TPSA) is 58.6 Å². The van der Waals surface area contributed by atoms with Gasteiger partial charge in [0.05, 0.1) is 11.1 Å². The maximum Gasteiger partial charge on any atom is 0.261 e. The third-order valence-electron chi connectivity index (χ3n) is 3.95. The summed E-state index contributed by atoms with van der Waals surface area (Å²) in [6.45, 7) is 1.76. The fourth-order valence-corrected chi connectivity index (χ4v) is 2.85. The molecule has 4 heteroatoms. The SMILES string of the molecule is Cc1nc2nc(-c3ccccc3)cc(-c3ccccc3)c2c(=O)[nH]1. The first-order chi connectivity index (χ1) is 11.7. The van der Waals surface area contributed by atoms with Crippen LogP contribution in [0.15, 0.2) is 71.5 Å². The van der Waals surface area contributed by atoms with Crippen LogP contribution in [-0.4, -0.2) is 15.0 Å². The zero-order valence-electron chi connectivity index (χ0n) is 13.2. The molecule has 0 fully saturated rings. The lowest BCUT2D eigenvalue weighted by molar-refractivity contribution is 1.04. The molecule has 0 radical (unpaired) electrons. The Morgan fingerprint density at radius 1 is 0.833 bits per heavy atom. The molecule has 0 bridgehead atoms. The van der Waals surface area contributed by atoms with E-state index in [4.69, 9.17) is 0 Å². The molecule has 116 valence electrons. The summed E-state index contributed by atoms with van der Waals surface area (Å²) in [5, 5.41) is 0.520. The number of H-pyrrole nitrogens is 1. The van der Waals surface area contributed by atoms with Gasteiger partial charge in [-0.15, -0.1) is 0 Å². The normalized spacial score (nSPS) is 10.9. The molecule has 4 rings (SSSR count). The second kappa shape index (κ2) is 5.74. The number of benzene rings is 2. The van der Waals surface area contributed by atoms with Gasteiger partial charge in [0.15, 0.2) is 5.65 Å². The summed E-state index contributed by atoms with van der Waals surface area (Å²) >= 11 is 0. The van der Waals surface area contributed by atoms with Crippen molar-refractivity contribution in [2.45, 2.75) is 6.92 Å². The number of nitrogens with one attached hydrogen (secondary N) is 1. The van der Waals surface area contributed by atoms with Crippen LogP contribution >= 0.6 is 0 Å². The predicted octanol–water partition coefficient (Wildman–Crippen LogP) is 3.96. The number of rotatable bonds is 2. The number of fused-ring (bicyclic) bond motifs is 1. The number of aromatic amines is 1. The smallest absolute Gasteiger partial charge is 0.261 e. The van der Waals surface area contributed by atoms with Crippen molar-refractivity contribution < 1.29 is 0 Å². The van der Waals surface area contributed by atoms with E-state index in [0.29, 0.717) is 16.9 Å². The van der Waals surface area contributed by atoms with Gasteiger partial charge in [0.25, 0.3) is 5.56 Å². The van der Waals surface area contributed by atoms with Gasteiger partial charge in [-0.1, -0.05) is 60.7 Å². The lowest BCUT2D eigenvalue weighted by atomic mass is 10.0. The zero-order chi connectivity index (χ0) is 16.5. The summed E-state index contributed by atoms with van der Waals surface area (Å²) in [5.74, 6) is 0.559. The second-order valence-corrected chi connectivity index (χ2v) is 5.64. The summed E-state index contributed by atoms with van der Waals surface area (Å²) in [6.07, 6.45) is 0. The summed E-state index contributed by atoms with van der Waals surface area (Å²) < 4.78 is 0. The lowest BCUT2D eigenvalue weighted by Crippen LogP contribution is -2.12. The minimum absolute atomic E-state index is 0.163. The van der Waals surface area contributed by atoms with Crippen molar-refractivity contribution in [2.75, 3.05) is 0 Å². The largest absolute Gasteiger partial charge is 0.310 e. The van der Waals surface area contributed by atoms with E-state index in [1.54, 1.807) is 6.92 Å². The summed E-state index contributed by atoms with van der Waals surface area (Å²) in [6, 6.07) is 21.7. The first-order valence-electron chi connectivity index (χ1n) is 7.75. The Hall–Kier alpha value is -3.27. The average Bonchev–Trinajstić information content (AvgIpc) is 2.62. The van der Waals surface area contributed by atoms with Crippen molar-refractivity contribution in [1.29, 1.82) is 0 Å². The first kappa shape index (κ1) is 14.3. The Morgan fingerprint density at radius 3 is 2.12 bits per heavy atom. The van der Waals surface area contributed by atoms with Crippen LogP contribution in [0.25, 0.3) is 33.4 Å². The zero-order valence-corrected chi connectivity index (χ0v) is 13.2. The van der Waals surface area contributed by atoms with Crippen molar-refractivity contribution >= 4 is 11.0 Å². The third-order valence-corrected chi connectivity index (χ3v) is 3.95. The predicted molar refractivity (Wildman–Crippen MR) is 95.8 cm³/mol. The summed E-state index contributed by atoms with van der Waals surface area (Å²) in [5.41, 5.74) is 3.92. The molecule has 0 atom stereocenters. The van der Waals surface area contributed by atoms with E-state index in [1.807, 2.05) is 66.7 Å². The molecular formula is C20H15N3O. The van der Waals surface area contributed by atoms with Crippen LogP contribution in [-0.2, 0) is 0 Å². The fraction of sp³-hybridized carbons (Fsp3) is 0.0500. The van der Waals surface area contributed by atoms with Crippen LogP contribution in [0.4, 0.5) is 0 Å². The highest BCUT2D eigenvalue weighted by molar-refractivity contribution is 5.94. The molecule has 2 aromatic heterocycles. The average molecular weight is 313 g/mol. The highest BCUT2D eigenvalue weighted by Gasteiger charge is 2.13. The van der Waals surface area contributed by atoms with E-state index in [-0.39, 0.29) is 5.56 Å². The van der Waals surface area contributed by atoms with Gasteiger partial charge in [-0.2, -0.15) is 0 Å². The molecule has 0 unspecified atom stereocenters. The van der Waals surface area contributed by atoms with E-state index < -0.39 is 0 Å². The van der Waals surface area contributed by atoms with Crippen LogP contribution in [0.1, 0.15) is 5.82 Å². The van der Waals surface area contributed by atoms with E-state index in [9.17, 15) is 4.79 Å². The summed E-state index contributed by atoms with van der Waals surface area (Å²) in [4.78, 5) is 24.3. The minimum atomic E-state index is -0.163.